The number of hydrogen-bond acceptors (Lipinski definition) is 6. The molecule has 0 aromatic carbocycles. The van der Waals surface area contributed by atoms with E-state index in [0.717, 1.165) is 45.5 Å². The third-order valence-corrected chi connectivity index (χ3v) is 4.89. The van der Waals surface area contributed by atoms with Crippen molar-refractivity contribution in [1.29, 1.82) is 0 Å². The molecule has 0 atom stereocenters. The molecule has 4 heterocycles. The Balaban J connectivity index is 1.51. The molecule has 1 fully saturated rings. The minimum Gasteiger partial charge on any atom is -0.379 e. The highest BCUT2D eigenvalue weighted by Gasteiger charge is 2.14. The lowest BCUT2D eigenvalue weighted by Gasteiger charge is -2.26. The van der Waals surface area contributed by atoms with Gasteiger partial charge in [0.25, 0.3) is 5.56 Å². The van der Waals surface area contributed by atoms with Gasteiger partial charge in [0.1, 0.15) is 11.5 Å². The normalized spacial score (nSPS) is 15.2. The van der Waals surface area contributed by atoms with E-state index >= 15 is 0 Å². The molecule has 8 nitrogen and oxygen atoms in total. The number of ether oxygens (including phenoxy) is 1. The van der Waals surface area contributed by atoms with Gasteiger partial charge in [-0.05, 0) is 19.0 Å². The molecular formula is C19H23FN6O2. The van der Waals surface area contributed by atoms with E-state index in [1.54, 1.807) is 19.4 Å². The molecule has 0 aliphatic carbocycles. The highest BCUT2D eigenvalue weighted by molar-refractivity contribution is 5.92. The molecule has 2 N–H and O–H groups in total. The van der Waals surface area contributed by atoms with Crippen LogP contribution in [0.25, 0.3) is 22.3 Å². The van der Waals surface area contributed by atoms with Crippen molar-refractivity contribution in [2.75, 3.05) is 44.7 Å². The fourth-order valence-electron chi connectivity index (χ4n) is 3.38. The van der Waals surface area contributed by atoms with Gasteiger partial charge in [0.2, 0.25) is 0 Å². The van der Waals surface area contributed by atoms with Crippen LogP contribution in [0.3, 0.4) is 0 Å². The lowest BCUT2D eigenvalue weighted by atomic mass is 10.1. The maximum Gasteiger partial charge on any atom is 0.293 e. The van der Waals surface area contributed by atoms with Crippen LogP contribution in [0.2, 0.25) is 0 Å². The van der Waals surface area contributed by atoms with E-state index in [0.29, 0.717) is 34.7 Å². The second kappa shape index (κ2) is 8.07. The summed E-state index contributed by atoms with van der Waals surface area (Å²) in [7, 11) is 1.68. The number of aryl methyl sites for hydroxylation is 1. The van der Waals surface area contributed by atoms with Crippen molar-refractivity contribution in [3.05, 3.63) is 40.8 Å². The molecule has 0 spiro atoms. The Kier molecular flexibility index (Phi) is 5.36. The zero-order chi connectivity index (χ0) is 19.5. The Morgan fingerprint density at radius 1 is 1.36 bits per heavy atom. The Morgan fingerprint density at radius 3 is 3.00 bits per heavy atom. The summed E-state index contributed by atoms with van der Waals surface area (Å²) in [6, 6.07) is 1.41. The number of morpholine rings is 1. The second-order valence-electron chi connectivity index (χ2n) is 6.88. The minimum absolute atomic E-state index is 0.195. The minimum atomic E-state index is -0.417. The molecule has 0 saturated carbocycles. The van der Waals surface area contributed by atoms with Crippen LogP contribution < -0.4 is 10.9 Å². The van der Waals surface area contributed by atoms with E-state index in [2.05, 4.69) is 25.2 Å². The summed E-state index contributed by atoms with van der Waals surface area (Å²) < 4.78 is 20.4. The quantitative estimate of drug-likeness (QED) is 0.626. The summed E-state index contributed by atoms with van der Waals surface area (Å²) >= 11 is 0. The van der Waals surface area contributed by atoms with Crippen LogP contribution in [0.1, 0.15) is 6.42 Å². The van der Waals surface area contributed by atoms with Gasteiger partial charge in [-0.25, -0.2) is 14.4 Å². The molecule has 0 unspecified atom stereocenters. The van der Waals surface area contributed by atoms with Crippen LogP contribution in [0.15, 0.2) is 29.5 Å². The van der Waals surface area contributed by atoms with Crippen molar-refractivity contribution in [1.82, 2.24) is 24.4 Å². The molecule has 148 valence electrons. The van der Waals surface area contributed by atoms with Gasteiger partial charge in [0.05, 0.1) is 25.1 Å². The Labute approximate surface area is 161 Å². The molecule has 0 radical (unpaired) electrons. The molecule has 28 heavy (non-hydrogen) atoms. The number of nitrogens with zero attached hydrogens (tertiary/aromatic N) is 4. The van der Waals surface area contributed by atoms with Crippen molar-refractivity contribution in [2.45, 2.75) is 6.42 Å². The standard InChI is InChI=1S/C19H23FN6O2/c1-25-12-16(15-11-23-17-14(15)9-13(20)10-22-17)24-18(19(25)27)21-3-2-4-26-5-7-28-8-6-26/h9-12H,2-8H2,1H3,(H,21,24)(H,22,23). The fraction of sp³-hybridized carbons (Fsp3) is 0.421. The van der Waals surface area contributed by atoms with Crippen LogP contribution in [-0.4, -0.2) is 63.8 Å². The number of halogens is 1. The average molecular weight is 386 g/mol. The first kappa shape index (κ1) is 18.6. The number of pyridine rings is 1. The van der Waals surface area contributed by atoms with E-state index in [1.165, 1.54) is 10.6 Å². The summed E-state index contributed by atoms with van der Waals surface area (Å²) in [5, 5.41) is 3.78. The Bertz CT molecular complexity index is 1020. The van der Waals surface area contributed by atoms with Crippen molar-refractivity contribution in [3.63, 3.8) is 0 Å². The maximum atomic E-state index is 13.6. The Morgan fingerprint density at radius 2 is 2.18 bits per heavy atom. The third-order valence-electron chi connectivity index (χ3n) is 4.89. The van der Waals surface area contributed by atoms with Crippen molar-refractivity contribution in [3.8, 4) is 11.3 Å². The van der Waals surface area contributed by atoms with Crippen molar-refractivity contribution in [2.24, 2.45) is 7.05 Å². The number of aromatic nitrogens is 4. The number of fused-ring (bicyclic) bond motifs is 1. The second-order valence-corrected chi connectivity index (χ2v) is 6.88. The van der Waals surface area contributed by atoms with Crippen LogP contribution in [0.5, 0.6) is 0 Å². The van der Waals surface area contributed by atoms with Gasteiger partial charge in [0.15, 0.2) is 5.82 Å². The van der Waals surface area contributed by atoms with Gasteiger partial charge in [0, 0.05) is 50.0 Å². The van der Waals surface area contributed by atoms with E-state index in [1.807, 2.05) is 0 Å². The monoisotopic (exact) mass is 386 g/mol. The van der Waals surface area contributed by atoms with E-state index in [4.69, 9.17) is 4.74 Å². The van der Waals surface area contributed by atoms with Gasteiger partial charge in [-0.15, -0.1) is 0 Å². The lowest BCUT2D eigenvalue weighted by molar-refractivity contribution is 0.0378. The Hall–Kier alpha value is -2.78. The van der Waals surface area contributed by atoms with Gasteiger partial charge in [-0.1, -0.05) is 0 Å². The topological polar surface area (TPSA) is 88.1 Å². The molecule has 0 bridgehead atoms. The number of aromatic amines is 1. The summed E-state index contributed by atoms with van der Waals surface area (Å²) in [5.41, 5.74) is 1.66. The van der Waals surface area contributed by atoms with E-state index in [-0.39, 0.29) is 5.56 Å². The van der Waals surface area contributed by atoms with Crippen LogP contribution in [0.4, 0.5) is 10.2 Å². The molecule has 1 aliphatic rings. The van der Waals surface area contributed by atoms with E-state index < -0.39 is 5.82 Å². The molecule has 9 heteroatoms. The largest absolute Gasteiger partial charge is 0.379 e. The number of hydrogen-bond donors (Lipinski definition) is 2. The number of H-pyrrole nitrogens is 1. The van der Waals surface area contributed by atoms with Gasteiger partial charge >= 0.3 is 0 Å². The van der Waals surface area contributed by atoms with Gasteiger partial charge in [-0.2, -0.15) is 0 Å². The van der Waals surface area contributed by atoms with E-state index in [9.17, 15) is 9.18 Å². The van der Waals surface area contributed by atoms with Gasteiger partial charge < -0.3 is 19.6 Å². The first-order chi connectivity index (χ1) is 13.6. The van der Waals surface area contributed by atoms with Crippen LogP contribution in [0, 0.1) is 5.82 Å². The van der Waals surface area contributed by atoms with Crippen molar-refractivity contribution >= 4 is 16.9 Å². The molecule has 1 saturated heterocycles. The fourth-order valence-corrected chi connectivity index (χ4v) is 3.38. The first-order valence-electron chi connectivity index (χ1n) is 9.36. The molecule has 1 aliphatic heterocycles. The predicted octanol–water partition coefficient (Wildman–Crippen LogP) is 1.60. The average Bonchev–Trinajstić information content (AvgIpc) is 3.12. The highest BCUT2D eigenvalue weighted by Crippen LogP contribution is 2.26. The SMILES string of the molecule is Cn1cc(-c2c[nH]c3ncc(F)cc23)nc(NCCCN2CCOCC2)c1=O. The lowest BCUT2D eigenvalue weighted by Crippen LogP contribution is -2.37. The molecule has 3 aromatic rings. The smallest absolute Gasteiger partial charge is 0.293 e. The number of anilines is 1. The van der Waals surface area contributed by atoms with Crippen LogP contribution >= 0.6 is 0 Å². The maximum absolute atomic E-state index is 13.6. The summed E-state index contributed by atoms with van der Waals surface area (Å²) in [4.78, 5) is 26.3. The molecule has 3 aromatic heterocycles. The number of nitrogens with one attached hydrogen (secondary N) is 2. The first-order valence-corrected chi connectivity index (χ1v) is 9.36. The van der Waals surface area contributed by atoms with Crippen LogP contribution in [-0.2, 0) is 11.8 Å². The number of rotatable bonds is 6. The molecule has 0 amide bonds. The summed E-state index contributed by atoms with van der Waals surface area (Å²) in [6.45, 7) is 5.04. The predicted molar refractivity (Wildman–Crippen MR) is 105 cm³/mol. The summed E-state index contributed by atoms with van der Waals surface area (Å²) in [6.07, 6.45) is 5.44. The zero-order valence-corrected chi connectivity index (χ0v) is 15.7. The summed E-state index contributed by atoms with van der Waals surface area (Å²) in [5.74, 6) is -0.125. The molecular weight excluding hydrogens is 363 g/mol. The zero-order valence-electron chi connectivity index (χ0n) is 15.7. The third kappa shape index (κ3) is 3.90. The molecule has 4 rings (SSSR count). The highest BCUT2D eigenvalue weighted by atomic mass is 19.1. The van der Waals surface area contributed by atoms with Crippen molar-refractivity contribution < 1.29 is 9.13 Å². The van der Waals surface area contributed by atoms with Gasteiger partial charge in [-0.3, -0.25) is 9.69 Å².